The zero-order chi connectivity index (χ0) is 29.6. The van der Waals surface area contributed by atoms with Gasteiger partial charge in [-0.3, -0.25) is 19.9 Å². The van der Waals surface area contributed by atoms with Gasteiger partial charge in [-0.25, -0.2) is 0 Å². The summed E-state index contributed by atoms with van der Waals surface area (Å²) in [6, 6.07) is 12.4. The molecule has 41 heavy (non-hydrogen) atoms. The van der Waals surface area contributed by atoms with Crippen molar-refractivity contribution in [3.8, 4) is 11.5 Å². The van der Waals surface area contributed by atoms with Crippen molar-refractivity contribution in [2.24, 2.45) is 0 Å². The van der Waals surface area contributed by atoms with Gasteiger partial charge in [-0.05, 0) is 57.9 Å². The van der Waals surface area contributed by atoms with Crippen molar-refractivity contribution in [1.29, 1.82) is 5.41 Å². The number of nitrogens with one attached hydrogen (secondary N) is 3. The monoisotopic (exact) mass is 562 g/mol. The number of nitrogens with zero attached hydrogens (tertiary/aromatic N) is 1. The minimum atomic E-state index is -0.710. The molecule has 1 unspecified atom stereocenters. The lowest BCUT2D eigenvalue weighted by molar-refractivity contribution is -0.134. The van der Waals surface area contributed by atoms with Crippen LogP contribution in [0.5, 0.6) is 11.5 Å². The topological polar surface area (TPSA) is 113 Å². The third kappa shape index (κ3) is 5.52. The van der Waals surface area contributed by atoms with Gasteiger partial charge in [0.05, 0.1) is 25.1 Å². The standard InChI is InChI=1S/C32H42N4O5/c1-7-32(8-2)18-27(37)36(29(33)35-32)24-17-31(5,19-39-6)41-26-14-13-20(15-22(24)26)28(38)34-23-16-30(3,4)40-25-12-10-9-11-21(23)25/h9-15,23-24H,7-8,16-19H2,1-6H3,(H2,33,35)(H,34,38)/t23-,24+,31?/m0/s1. The third-order valence-corrected chi connectivity index (χ3v) is 8.79. The van der Waals surface area contributed by atoms with Crippen LogP contribution in [0.15, 0.2) is 42.5 Å². The molecule has 3 atom stereocenters. The average molecular weight is 563 g/mol. The first kappa shape index (κ1) is 28.9. The number of ether oxygens (including phenoxy) is 3. The van der Waals surface area contributed by atoms with E-state index in [0.29, 0.717) is 42.7 Å². The highest BCUT2D eigenvalue weighted by Crippen LogP contribution is 2.45. The highest BCUT2D eigenvalue weighted by molar-refractivity contribution is 6.00. The molecular formula is C32H42N4O5. The SMILES string of the molecule is CCC1(CC)CC(=O)N([C@@H]2CC(C)(COC)Oc3ccc(C(=O)N[C@H]4CC(C)(C)Oc5ccccc54)cc32)C(=N)N1. The van der Waals surface area contributed by atoms with Crippen molar-refractivity contribution >= 4 is 17.8 Å². The van der Waals surface area contributed by atoms with Gasteiger partial charge in [0.15, 0.2) is 5.96 Å². The molecule has 0 saturated carbocycles. The Morgan fingerprint density at radius 2 is 1.78 bits per heavy atom. The maximum Gasteiger partial charge on any atom is 0.251 e. The molecule has 9 nitrogen and oxygen atoms in total. The second-order valence-electron chi connectivity index (χ2n) is 12.5. The molecule has 5 rings (SSSR count). The number of amides is 2. The molecule has 3 N–H and O–H groups in total. The van der Waals surface area contributed by atoms with E-state index in [0.717, 1.165) is 24.2 Å². The van der Waals surface area contributed by atoms with Crippen LogP contribution in [-0.4, -0.2) is 53.1 Å². The fourth-order valence-corrected chi connectivity index (χ4v) is 6.53. The number of para-hydroxylation sites is 1. The van der Waals surface area contributed by atoms with E-state index in [-0.39, 0.29) is 23.8 Å². The van der Waals surface area contributed by atoms with E-state index in [4.69, 9.17) is 19.6 Å². The maximum atomic E-state index is 13.7. The molecule has 0 bridgehead atoms. The maximum absolute atomic E-state index is 13.7. The number of hydrogen-bond donors (Lipinski definition) is 3. The van der Waals surface area contributed by atoms with Gasteiger partial charge in [0.2, 0.25) is 5.91 Å². The summed E-state index contributed by atoms with van der Waals surface area (Å²) in [5, 5.41) is 15.4. The summed E-state index contributed by atoms with van der Waals surface area (Å²) in [7, 11) is 1.62. The van der Waals surface area contributed by atoms with Crippen LogP contribution in [0.1, 0.15) is 100 Å². The van der Waals surface area contributed by atoms with Crippen LogP contribution in [0.2, 0.25) is 0 Å². The first-order chi connectivity index (χ1) is 19.4. The quantitative estimate of drug-likeness (QED) is 0.424. The molecule has 0 aromatic heterocycles. The van der Waals surface area contributed by atoms with Gasteiger partial charge in [-0.15, -0.1) is 0 Å². The van der Waals surface area contributed by atoms with E-state index in [1.807, 2.05) is 58.9 Å². The molecule has 3 heterocycles. The summed E-state index contributed by atoms with van der Waals surface area (Å²) in [5.74, 6) is 1.11. The molecule has 0 radical (unpaired) electrons. The predicted molar refractivity (Wildman–Crippen MR) is 156 cm³/mol. The van der Waals surface area contributed by atoms with Crippen molar-refractivity contribution in [3.05, 3.63) is 59.2 Å². The zero-order valence-electron chi connectivity index (χ0n) is 24.9. The third-order valence-electron chi connectivity index (χ3n) is 8.79. The summed E-state index contributed by atoms with van der Waals surface area (Å²) < 4.78 is 18.0. The van der Waals surface area contributed by atoms with Crippen molar-refractivity contribution in [1.82, 2.24) is 15.5 Å². The smallest absolute Gasteiger partial charge is 0.251 e. The van der Waals surface area contributed by atoms with Crippen LogP contribution in [-0.2, 0) is 9.53 Å². The fraction of sp³-hybridized carbons (Fsp3) is 0.531. The van der Waals surface area contributed by atoms with Crippen molar-refractivity contribution in [2.45, 2.75) is 95.5 Å². The van der Waals surface area contributed by atoms with Crippen LogP contribution < -0.4 is 20.1 Å². The highest BCUT2D eigenvalue weighted by atomic mass is 16.5. The van der Waals surface area contributed by atoms with Crippen LogP contribution in [0.3, 0.4) is 0 Å². The van der Waals surface area contributed by atoms with Crippen molar-refractivity contribution in [3.63, 3.8) is 0 Å². The lowest BCUT2D eigenvalue weighted by atomic mass is 9.83. The van der Waals surface area contributed by atoms with E-state index in [9.17, 15) is 9.59 Å². The number of guanidine groups is 1. The Kier molecular flexibility index (Phi) is 7.53. The summed E-state index contributed by atoms with van der Waals surface area (Å²) in [4.78, 5) is 28.9. The molecule has 0 aliphatic carbocycles. The molecule has 2 aromatic rings. The van der Waals surface area contributed by atoms with Gasteiger partial charge in [0, 0.05) is 42.2 Å². The van der Waals surface area contributed by atoms with Crippen LogP contribution >= 0.6 is 0 Å². The van der Waals surface area contributed by atoms with Gasteiger partial charge < -0.3 is 24.8 Å². The molecule has 1 saturated heterocycles. The lowest BCUT2D eigenvalue weighted by Gasteiger charge is -2.48. The Hall–Kier alpha value is -3.59. The first-order valence-electron chi connectivity index (χ1n) is 14.5. The number of benzene rings is 2. The van der Waals surface area contributed by atoms with Crippen LogP contribution in [0, 0.1) is 5.41 Å². The minimum absolute atomic E-state index is 0.0819. The Morgan fingerprint density at radius 3 is 2.46 bits per heavy atom. The fourth-order valence-electron chi connectivity index (χ4n) is 6.53. The number of rotatable bonds is 7. The molecular weight excluding hydrogens is 520 g/mol. The summed E-state index contributed by atoms with van der Waals surface area (Å²) in [6.45, 7) is 10.4. The Morgan fingerprint density at radius 1 is 1.07 bits per heavy atom. The zero-order valence-corrected chi connectivity index (χ0v) is 24.9. The van der Waals surface area contributed by atoms with Crippen molar-refractivity contribution in [2.75, 3.05) is 13.7 Å². The molecule has 3 aliphatic rings. The molecule has 9 heteroatoms. The van der Waals surface area contributed by atoms with Crippen LogP contribution in [0.4, 0.5) is 0 Å². The summed E-state index contributed by atoms with van der Waals surface area (Å²) in [6.07, 6.45) is 2.83. The number of fused-ring (bicyclic) bond motifs is 2. The summed E-state index contributed by atoms with van der Waals surface area (Å²) >= 11 is 0. The molecule has 2 aromatic carbocycles. The molecule has 3 aliphatic heterocycles. The highest BCUT2D eigenvalue weighted by Gasteiger charge is 2.47. The Balaban J connectivity index is 1.48. The van der Waals surface area contributed by atoms with E-state index in [1.165, 1.54) is 4.90 Å². The van der Waals surface area contributed by atoms with Gasteiger partial charge in [0.25, 0.3) is 5.91 Å². The summed E-state index contributed by atoms with van der Waals surface area (Å²) in [5.41, 5.74) is 0.557. The predicted octanol–water partition coefficient (Wildman–Crippen LogP) is 5.26. The Labute approximate surface area is 242 Å². The molecule has 1 fully saturated rings. The Bertz CT molecular complexity index is 1330. The van der Waals surface area contributed by atoms with Gasteiger partial charge in [0.1, 0.15) is 22.7 Å². The number of carbonyl (C=O) groups is 2. The minimum Gasteiger partial charge on any atom is -0.487 e. The molecule has 2 amide bonds. The van der Waals surface area contributed by atoms with E-state index < -0.39 is 22.8 Å². The second-order valence-corrected chi connectivity index (χ2v) is 12.5. The lowest BCUT2D eigenvalue weighted by Crippen LogP contribution is -2.63. The van der Waals surface area contributed by atoms with Gasteiger partial charge >= 0.3 is 0 Å². The largest absolute Gasteiger partial charge is 0.487 e. The first-order valence-corrected chi connectivity index (χ1v) is 14.5. The van der Waals surface area contributed by atoms with Crippen molar-refractivity contribution < 1.29 is 23.8 Å². The average Bonchev–Trinajstić information content (AvgIpc) is 2.91. The normalized spacial score (nSPS) is 26.1. The molecule has 0 spiro atoms. The molecule has 220 valence electrons. The second kappa shape index (κ2) is 10.7. The van der Waals surface area contributed by atoms with E-state index in [2.05, 4.69) is 10.6 Å². The number of methoxy groups -OCH3 is 1. The van der Waals surface area contributed by atoms with E-state index in [1.54, 1.807) is 25.3 Å². The van der Waals surface area contributed by atoms with E-state index >= 15 is 0 Å². The number of hydrogen-bond acceptors (Lipinski definition) is 6. The number of carbonyl (C=O) groups excluding carboxylic acids is 2. The van der Waals surface area contributed by atoms with Gasteiger partial charge in [-0.1, -0.05) is 32.0 Å². The van der Waals surface area contributed by atoms with Crippen LogP contribution in [0.25, 0.3) is 0 Å². The van der Waals surface area contributed by atoms with Gasteiger partial charge in [-0.2, -0.15) is 0 Å².